The van der Waals surface area contributed by atoms with Crippen molar-refractivity contribution in [1.82, 2.24) is 0 Å². The first-order valence-electron chi connectivity index (χ1n) is 5.25. The van der Waals surface area contributed by atoms with Gasteiger partial charge < -0.3 is 5.73 Å². The van der Waals surface area contributed by atoms with Crippen LogP contribution in [0.25, 0.3) is 0 Å². The molecule has 1 rings (SSSR count). The van der Waals surface area contributed by atoms with Crippen LogP contribution in [-0.4, -0.2) is 5.84 Å². The third-order valence-electron chi connectivity index (χ3n) is 0.919. The van der Waals surface area contributed by atoms with E-state index in [0.29, 0.717) is 0 Å². The second-order valence-electron chi connectivity index (χ2n) is 1.81. The van der Waals surface area contributed by atoms with E-state index >= 15 is 0 Å². The van der Waals surface area contributed by atoms with Crippen LogP contribution >= 0.6 is 12.4 Å². The first-order valence-corrected chi connectivity index (χ1v) is 2.75. The van der Waals surface area contributed by atoms with Gasteiger partial charge in [0.05, 0.1) is 12.7 Å². The standard InChI is InChI=1S/C8H10N2.ClH/c9-8(10)6-7-4-2-1-3-5-7;/h1-5H,6H2,(H3,9,10);1H/i1D,2D,3D,4D,5D;. The lowest BCUT2D eigenvalue weighted by Gasteiger charge is -1.96. The third-order valence-corrected chi connectivity index (χ3v) is 0.919. The molecular weight excluding hydrogens is 160 g/mol. The first-order chi connectivity index (χ1) is 6.86. The molecule has 3 heteroatoms. The molecule has 0 aliphatic rings. The Kier molecular flexibility index (Phi) is 1.78. The molecular formula is C8H11ClN2. The van der Waals surface area contributed by atoms with Crippen LogP contribution < -0.4 is 5.73 Å². The average molecular weight is 176 g/mol. The van der Waals surface area contributed by atoms with E-state index in [-0.39, 0.29) is 42.3 Å². The van der Waals surface area contributed by atoms with Gasteiger partial charge >= 0.3 is 0 Å². The normalized spacial score (nSPS) is 14.7. The minimum absolute atomic E-state index is 0. The van der Waals surface area contributed by atoms with E-state index in [1.165, 1.54) is 0 Å². The van der Waals surface area contributed by atoms with E-state index in [0.717, 1.165) is 0 Å². The number of amidine groups is 1. The van der Waals surface area contributed by atoms with E-state index in [4.69, 9.17) is 18.0 Å². The highest BCUT2D eigenvalue weighted by Crippen LogP contribution is 1.97. The highest BCUT2D eigenvalue weighted by molar-refractivity contribution is 5.85. The van der Waals surface area contributed by atoms with E-state index in [9.17, 15) is 0 Å². The van der Waals surface area contributed by atoms with Gasteiger partial charge in [-0.3, -0.25) is 5.41 Å². The molecule has 60 valence electrons. The fourth-order valence-electron chi connectivity index (χ4n) is 0.555. The minimum atomic E-state index is -0.433. The number of halogens is 1. The predicted molar refractivity (Wildman–Crippen MR) is 49.3 cm³/mol. The van der Waals surface area contributed by atoms with Crippen molar-refractivity contribution in [3.8, 4) is 0 Å². The fraction of sp³-hybridized carbons (Fsp3) is 0.125. The van der Waals surface area contributed by atoms with Crippen LogP contribution in [0.4, 0.5) is 0 Å². The van der Waals surface area contributed by atoms with Crippen molar-refractivity contribution in [2.24, 2.45) is 5.73 Å². The molecule has 0 saturated heterocycles. The van der Waals surface area contributed by atoms with Gasteiger partial charge in [-0.05, 0) is 5.56 Å². The Labute approximate surface area is 79.4 Å². The lowest BCUT2D eigenvalue weighted by atomic mass is 10.1. The molecule has 0 aliphatic heterocycles. The first kappa shape index (κ1) is 4.12. The lowest BCUT2D eigenvalue weighted by molar-refractivity contribution is 1.25. The van der Waals surface area contributed by atoms with Gasteiger partial charge in [-0.25, -0.2) is 0 Å². The molecule has 0 radical (unpaired) electrons. The molecule has 0 aromatic heterocycles. The summed E-state index contributed by atoms with van der Waals surface area (Å²) in [4.78, 5) is 0. The van der Waals surface area contributed by atoms with Crippen LogP contribution in [0.3, 0.4) is 0 Å². The quantitative estimate of drug-likeness (QED) is 0.521. The molecule has 0 atom stereocenters. The molecule has 1 aromatic rings. The summed E-state index contributed by atoms with van der Waals surface area (Å²) in [5, 5.41) is 7.06. The van der Waals surface area contributed by atoms with Gasteiger partial charge in [-0.2, -0.15) is 0 Å². The molecule has 0 heterocycles. The third kappa shape index (κ3) is 3.63. The zero-order valence-corrected chi connectivity index (χ0v) is 6.51. The van der Waals surface area contributed by atoms with Gasteiger partial charge in [0.25, 0.3) is 0 Å². The summed E-state index contributed by atoms with van der Waals surface area (Å²) in [5.41, 5.74) is 5.21. The van der Waals surface area contributed by atoms with Crippen molar-refractivity contribution >= 4 is 18.2 Å². The Balaban J connectivity index is 0.00000225. The molecule has 0 bridgehead atoms. The maximum atomic E-state index is 7.50. The monoisotopic (exact) mass is 175 g/mol. The highest BCUT2D eigenvalue weighted by Gasteiger charge is 1.90. The minimum Gasteiger partial charge on any atom is -0.387 e. The summed E-state index contributed by atoms with van der Waals surface area (Å²) in [5.74, 6) is -0.228. The molecule has 0 saturated carbocycles. The Hall–Kier alpha value is -1.02. The zero-order valence-electron chi connectivity index (χ0n) is 10.7. The maximum absolute atomic E-state index is 7.50. The Morgan fingerprint density at radius 3 is 2.45 bits per heavy atom. The SMILES string of the molecule is Cl.[2H]c1c([2H])c([2H])c(CC(=N)N)c([2H])c1[2H]. The summed E-state index contributed by atoms with van der Waals surface area (Å²) < 4.78 is 37.1. The van der Waals surface area contributed by atoms with Crippen molar-refractivity contribution < 1.29 is 6.85 Å². The summed E-state index contributed by atoms with van der Waals surface area (Å²) in [6, 6.07) is -1.82. The molecule has 2 nitrogen and oxygen atoms in total. The van der Waals surface area contributed by atoms with Crippen LogP contribution in [0.15, 0.2) is 30.2 Å². The van der Waals surface area contributed by atoms with Crippen LogP contribution in [0.5, 0.6) is 0 Å². The molecule has 0 unspecified atom stereocenters. The largest absolute Gasteiger partial charge is 0.387 e. The van der Waals surface area contributed by atoms with E-state index in [1.807, 2.05) is 0 Å². The van der Waals surface area contributed by atoms with Gasteiger partial charge in [0.1, 0.15) is 0 Å². The summed E-state index contributed by atoms with van der Waals surface area (Å²) in [6.07, 6.45) is -0.129. The van der Waals surface area contributed by atoms with Crippen molar-refractivity contribution in [2.45, 2.75) is 6.42 Å². The molecule has 0 amide bonds. The second-order valence-corrected chi connectivity index (χ2v) is 1.81. The molecule has 0 fully saturated rings. The number of hydrogen-bond acceptors (Lipinski definition) is 1. The smallest absolute Gasteiger partial charge is 0.0950 e. The van der Waals surface area contributed by atoms with Crippen molar-refractivity contribution in [1.29, 1.82) is 5.41 Å². The summed E-state index contributed by atoms with van der Waals surface area (Å²) in [7, 11) is 0. The number of hydrogen-bond donors (Lipinski definition) is 2. The number of benzene rings is 1. The topological polar surface area (TPSA) is 49.9 Å². The molecule has 11 heavy (non-hydrogen) atoms. The highest BCUT2D eigenvalue weighted by atomic mass is 35.5. The average Bonchev–Trinajstić information content (AvgIpc) is 2.18. The van der Waals surface area contributed by atoms with Crippen LogP contribution in [0.2, 0.25) is 0 Å². The number of nitrogens with one attached hydrogen (secondary N) is 1. The Morgan fingerprint density at radius 2 is 2.00 bits per heavy atom. The van der Waals surface area contributed by atoms with E-state index < -0.39 is 18.1 Å². The van der Waals surface area contributed by atoms with Crippen LogP contribution in [-0.2, 0) is 6.42 Å². The summed E-state index contributed by atoms with van der Waals surface area (Å²) >= 11 is 0. The predicted octanol–water partition coefficient (Wildman–Crippen LogP) is 1.59. The van der Waals surface area contributed by atoms with E-state index in [2.05, 4.69) is 0 Å². The van der Waals surface area contributed by atoms with Gasteiger partial charge in [0.15, 0.2) is 0 Å². The van der Waals surface area contributed by atoms with Gasteiger partial charge in [0.2, 0.25) is 0 Å². The van der Waals surface area contributed by atoms with Gasteiger partial charge in [-0.1, -0.05) is 30.2 Å². The maximum Gasteiger partial charge on any atom is 0.0950 e. The van der Waals surface area contributed by atoms with Crippen molar-refractivity contribution in [2.75, 3.05) is 0 Å². The van der Waals surface area contributed by atoms with Gasteiger partial charge in [0, 0.05) is 6.42 Å². The van der Waals surface area contributed by atoms with Gasteiger partial charge in [-0.15, -0.1) is 12.4 Å². The molecule has 1 aromatic carbocycles. The van der Waals surface area contributed by atoms with E-state index in [1.54, 1.807) is 0 Å². The fourth-order valence-corrected chi connectivity index (χ4v) is 0.555. The second kappa shape index (κ2) is 4.74. The molecule has 0 aliphatic carbocycles. The summed E-state index contributed by atoms with van der Waals surface area (Å²) in [6.45, 7) is 0. The zero-order chi connectivity index (χ0) is 11.7. The van der Waals surface area contributed by atoms with Crippen LogP contribution in [0, 0.1) is 5.41 Å². The Bertz CT molecular complexity index is 406. The van der Waals surface area contributed by atoms with Crippen molar-refractivity contribution in [3.63, 3.8) is 0 Å². The van der Waals surface area contributed by atoms with Crippen LogP contribution in [0.1, 0.15) is 12.4 Å². The Morgan fingerprint density at radius 1 is 1.45 bits per heavy atom. The molecule has 3 N–H and O–H groups in total. The number of nitrogens with two attached hydrogens (primary N) is 1. The lowest BCUT2D eigenvalue weighted by Crippen LogP contribution is -2.12. The van der Waals surface area contributed by atoms with Crippen molar-refractivity contribution in [3.05, 3.63) is 35.8 Å². The molecule has 0 spiro atoms. The number of rotatable bonds is 2.